The van der Waals surface area contributed by atoms with E-state index in [1.165, 1.54) is 0 Å². The minimum atomic E-state index is -2.84. The average molecular weight is 146 g/mol. The average Bonchev–Trinajstić information content (AvgIpc) is 1.88. The van der Waals surface area contributed by atoms with Crippen molar-refractivity contribution in [1.29, 1.82) is 0 Å². The number of alkyl halides is 2. The van der Waals surface area contributed by atoms with E-state index in [0.29, 0.717) is 0 Å². The number of hydrogen-bond donors (Lipinski definition) is 0. The molecule has 4 heteroatoms. The molecule has 0 N–H and O–H groups in total. The lowest BCUT2D eigenvalue weighted by Crippen LogP contribution is -1.90. The van der Waals surface area contributed by atoms with Crippen LogP contribution in [-0.2, 0) is 0 Å². The molecule has 0 aliphatic carbocycles. The molecule has 1 rings (SSSR count). The van der Waals surface area contributed by atoms with Crippen molar-refractivity contribution in [2.45, 2.75) is 6.43 Å². The van der Waals surface area contributed by atoms with Crippen molar-refractivity contribution in [1.82, 2.24) is 4.98 Å². The van der Waals surface area contributed by atoms with Gasteiger partial charge in [0.25, 0.3) is 6.43 Å². The highest BCUT2D eigenvalue weighted by Crippen LogP contribution is 2.19. The van der Waals surface area contributed by atoms with Crippen LogP contribution in [0, 0.1) is 12.0 Å². The summed E-state index contributed by atoms with van der Waals surface area (Å²) in [5, 5.41) is 0. The van der Waals surface area contributed by atoms with Crippen molar-refractivity contribution in [2.24, 2.45) is 0 Å². The molecule has 53 valence electrons. The second-order valence-electron chi connectivity index (χ2n) is 1.62. The number of pyridine rings is 1. The minimum Gasteiger partial charge on any atom is -0.254 e. The van der Waals surface area contributed by atoms with Gasteiger partial charge in [-0.1, -0.05) is 0 Å². The Morgan fingerprint density at radius 1 is 1.50 bits per heavy atom. The van der Waals surface area contributed by atoms with Crippen LogP contribution in [0.1, 0.15) is 12.0 Å². The largest absolute Gasteiger partial charge is 0.268 e. The van der Waals surface area contributed by atoms with Crippen LogP contribution in [0.15, 0.2) is 12.3 Å². The zero-order valence-corrected chi connectivity index (χ0v) is 4.81. The number of aromatic nitrogens is 1. The van der Waals surface area contributed by atoms with Crippen molar-refractivity contribution in [2.75, 3.05) is 0 Å². The Morgan fingerprint density at radius 3 is 2.60 bits per heavy atom. The fourth-order valence-corrected chi connectivity index (χ4v) is 0.506. The first-order chi connectivity index (χ1) is 4.72. The molecule has 0 unspecified atom stereocenters. The zero-order chi connectivity index (χ0) is 7.56. The lowest BCUT2D eigenvalue weighted by Gasteiger charge is -1.96. The van der Waals surface area contributed by atoms with Crippen molar-refractivity contribution in [3.8, 4) is 0 Å². The molecule has 1 radical (unpaired) electrons. The molecule has 0 aliphatic rings. The monoisotopic (exact) mass is 146 g/mol. The lowest BCUT2D eigenvalue weighted by molar-refractivity contribution is 0.145. The van der Waals surface area contributed by atoms with Gasteiger partial charge in [-0.05, 0) is 6.07 Å². The molecule has 0 aliphatic heterocycles. The van der Waals surface area contributed by atoms with E-state index in [9.17, 15) is 13.2 Å². The van der Waals surface area contributed by atoms with Crippen LogP contribution >= 0.6 is 0 Å². The molecule has 0 atom stereocenters. The van der Waals surface area contributed by atoms with Crippen LogP contribution in [0.5, 0.6) is 0 Å². The molecular weight excluding hydrogens is 143 g/mol. The minimum absolute atomic E-state index is 0.775. The summed E-state index contributed by atoms with van der Waals surface area (Å²) >= 11 is 0. The van der Waals surface area contributed by atoms with E-state index >= 15 is 0 Å². The summed E-state index contributed by atoms with van der Waals surface area (Å²) in [5.74, 6) is -0.968. The summed E-state index contributed by atoms with van der Waals surface area (Å²) in [4.78, 5) is 3.22. The smallest absolute Gasteiger partial charge is 0.254 e. The van der Waals surface area contributed by atoms with Gasteiger partial charge >= 0.3 is 0 Å². The van der Waals surface area contributed by atoms with Gasteiger partial charge in [0.15, 0.2) is 0 Å². The summed E-state index contributed by atoms with van der Waals surface area (Å²) < 4.78 is 35.7. The van der Waals surface area contributed by atoms with Crippen molar-refractivity contribution in [3.63, 3.8) is 0 Å². The van der Waals surface area contributed by atoms with E-state index < -0.39 is 17.8 Å². The van der Waals surface area contributed by atoms with Gasteiger partial charge in [-0.2, -0.15) is 0 Å². The third-order valence-electron chi connectivity index (χ3n) is 0.956. The lowest BCUT2D eigenvalue weighted by atomic mass is 10.3. The molecule has 1 heterocycles. The predicted molar refractivity (Wildman–Crippen MR) is 28.0 cm³/mol. The van der Waals surface area contributed by atoms with Gasteiger partial charge in [0.05, 0.1) is 5.56 Å². The van der Waals surface area contributed by atoms with Crippen LogP contribution in [-0.4, -0.2) is 4.98 Å². The molecule has 1 aromatic heterocycles. The van der Waals surface area contributed by atoms with Gasteiger partial charge < -0.3 is 0 Å². The Labute approximate surface area is 55.5 Å². The predicted octanol–water partition coefficient (Wildman–Crippen LogP) is 1.96. The van der Waals surface area contributed by atoms with E-state index in [-0.39, 0.29) is 0 Å². The van der Waals surface area contributed by atoms with E-state index in [1.807, 2.05) is 6.20 Å². The summed E-state index contributed by atoms with van der Waals surface area (Å²) in [5.41, 5.74) is -0.775. The van der Waals surface area contributed by atoms with Gasteiger partial charge in [-0.15, -0.1) is 0 Å². The maximum absolute atomic E-state index is 12.3. The maximum Gasteiger partial charge on any atom is 0.268 e. The van der Waals surface area contributed by atoms with E-state index in [1.54, 1.807) is 0 Å². The van der Waals surface area contributed by atoms with Gasteiger partial charge in [0.2, 0.25) is 0 Å². The molecule has 1 aromatic rings. The second-order valence-corrected chi connectivity index (χ2v) is 1.62. The molecule has 0 saturated heterocycles. The fraction of sp³-hybridized carbons (Fsp3) is 0.167. The van der Waals surface area contributed by atoms with Crippen LogP contribution in [0.2, 0.25) is 0 Å². The Balaban J connectivity index is 3.03. The van der Waals surface area contributed by atoms with Crippen molar-refractivity contribution < 1.29 is 13.2 Å². The molecule has 0 aromatic carbocycles. The van der Waals surface area contributed by atoms with Gasteiger partial charge in [-0.25, -0.2) is 13.2 Å². The summed E-state index contributed by atoms with van der Waals surface area (Å²) in [6.45, 7) is 0. The molecular formula is C6H3F3N. The first kappa shape index (κ1) is 7.05. The summed E-state index contributed by atoms with van der Waals surface area (Å²) in [6, 6.07) is 0.873. The highest BCUT2D eigenvalue weighted by Gasteiger charge is 2.12. The van der Waals surface area contributed by atoms with Crippen LogP contribution in [0.4, 0.5) is 13.2 Å². The standard InChI is InChI=1S/C6H3F3N/c7-5-1-2-10-3-4(5)6(8)9/h1-2,6H. The first-order valence-electron chi connectivity index (χ1n) is 2.52. The summed E-state index contributed by atoms with van der Waals surface area (Å²) in [6.07, 6.45) is 0.0926. The molecule has 0 amide bonds. The molecule has 0 bridgehead atoms. The van der Waals surface area contributed by atoms with E-state index in [4.69, 9.17) is 0 Å². The first-order valence-corrected chi connectivity index (χ1v) is 2.52. The van der Waals surface area contributed by atoms with Gasteiger partial charge in [0, 0.05) is 6.20 Å². The second kappa shape index (κ2) is 2.68. The highest BCUT2D eigenvalue weighted by molar-refractivity contribution is 5.11. The van der Waals surface area contributed by atoms with Crippen LogP contribution in [0.3, 0.4) is 0 Å². The quantitative estimate of drug-likeness (QED) is 0.590. The van der Waals surface area contributed by atoms with Gasteiger partial charge in [-0.3, -0.25) is 4.98 Å². The Kier molecular flexibility index (Phi) is 1.89. The van der Waals surface area contributed by atoms with Crippen molar-refractivity contribution >= 4 is 0 Å². The topological polar surface area (TPSA) is 12.9 Å². The molecule has 0 saturated carbocycles. The van der Waals surface area contributed by atoms with Crippen LogP contribution in [0.25, 0.3) is 0 Å². The number of nitrogens with zero attached hydrogens (tertiary/aromatic N) is 1. The molecule has 1 nitrogen and oxygen atoms in total. The number of rotatable bonds is 1. The van der Waals surface area contributed by atoms with Crippen LogP contribution < -0.4 is 0 Å². The number of halogens is 3. The van der Waals surface area contributed by atoms with E-state index in [0.717, 1.165) is 12.3 Å². The molecule has 0 fully saturated rings. The van der Waals surface area contributed by atoms with Gasteiger partial charge in [0.1, 0.15) is 12.0 Å². The maximum atomic E-state index is 12.3. The van der Waals surface area contributed by atoms with Crippen molar-refractivity contribution in [3.05, 3.63) is 29.8 Å². The normalized spacial score (nSPS) is 10.4. The van der Waals surface area contributed by atoms with E-state index in [2.05, 4.69) is 4.98 Å². The Bertz CT molecular complexity index is 224. The summed E-state index contributed by atoms with van der Waals surface area (Å²) in [7, 11) is 0. The Hall–Kier alpha value is -1.06. The third kappa shape index (κ3) is 1.26. The highest BCUT2D eigenvalue weighted by atomic mass is 19.3. The zero-order valence-electron chi connectivity index (χ0n) is 4.81. The SMILES string of the molecule is Fc1ccn[c]c1C(F)F. The molecule has 10 heavy (non-hydrogen) atoms. The Morgan fingerprint density at radius 2 is 2.20 bits per heavy atom. The third-order valence-corrected chi connectivity index (χ3v) is 0.956. The number of hydrogen-bond acceptors (Lipinski definition) is 1. The fourth-order valence-electron chi connectivity index (χ4n) is 0.506. The molecule has 0 spiro atoms.